The van der Waals surface area contributed by atoms with Gasteiger partial charge in [-0.05, 0) is 30.5 Å². The molecule has 186 valence electrons. The predicted octanol–water partition coefficient (Wildman–Crippen LogP) is 6.80. The molecule has 0 fully saturated rings. The SMILES string of the molecule is CC(C)C[C@H](C(=O)OCC(=O)Nc1cc(Cl)ccc1Cl)N1C(=O)c2c(Cl)c(Cl)c(Cl)c(Cl)c2C1=O. The summed E-state index contributed by atoms with van der Waals surface area (Å²) < 4.78 is 5.13. The van der Waals surface area contributed by atoms with Gasteiger partial charge in [0.05, 0.1) is 41.9 Å². The first kappa shape index (κ1) is 27.8. The number of rotatable bonds is 7. The first-order valence-corrected chi connectivity index (χ1v) is 12.3. The highest BCUT2D eigenvalue weighted by atomic mass is 35.5. The van der Waals surface area contributed by atoms with E-state index in [1.807, 2.05) is 0 Å². The number of nitrogens with one attached hydrogen (secondary N) is 1. The van der Waals surface area contributed by atoms with Gasteiger partial charge in [-0.1, -0.05) is 83.5 Å². The third-order valence-electron chi connectivity index (χ3n) is 4.96. The predicted molar refractivity (Wildman–Crippen MR) is 136 cm³/mol. The molecule has 0 saturated heterocycles. The number of ether oxygens (including phenoxy) is 1. The van der Waals surface area contributed by atoms with Gasteiger partial charge in [-0.25, -0.2) is 4.79 Å². The molecule has 0 bridgehead atoms. The molecule has 3 amide bonds. The number of fused-ring (bicyclic) bond motifs is 1. The zero-order chi connectivity index (χ0) is 26.2. The molecule has 1 N–H and O–H groups in total. The van der Waals surface area contributed by atoms with E-state index in [-0.39, 0.29) is 54.3 Å². The van der Waals surface area contributed by atoms with Crippen molar-refractivity contribution in [1.82, 2.24) is 4.90 Å². The lowest BCUT2D eigenvalue weighted by atomic mass is 10.0. The number of benzene rings is 2. The van der Waals surface area contributed by atoms with Crippen LogP contribution in [-0.2, 0) is 14.3 Å². The fourth-order valence-corrected chi connectivity index (χ4v) is 4.77. The van der Waals surface area contributed by atoms with E-state index < -0.39 is 36.3 Å². The lowest BCUT2D eigenvalue weighted by molar-refractivity contribution is -0.151. The molecule has 0 radical (unpaired) electrons. The summed E-state index contributed by atoms with van der Waals surface area (Å²) in [7, 11) is 0. The van der Waals surface area contributed by atoms with Crippen molar-refractivity contribution in [2.75, 3.05) is 11.9 Å². The lowest BCUT2D eigenvalue weighted by Gasteiger charge is -2.26. The van der Waals surface area contributed by atoms with Gasteiger partial charge in [-0.15, -0.1) is 0 Å². The van der Waals surface area contributed by atoms with Gasteiger partial charge in [-0.2, -0.15) is 0 Å². The third-order valence-corrected chi connectivity index (χ3v) is 7.33. The second-order valence-corrected chi connectivity index (χ2v) is 10.3. The maximum absolute atomic E-state index is 13.2. The minimum atomic E-state index is -1.37. The number of imide groups is 1. The normalized spacial score (nSPS) is 13.8. The highest BCUT2D eigenvalue weighted by Crippen LogP contribution is 2.45. The van der Waals surface area contributed by atoms with Gasteiger partial charge in [0.1, 0.15) is 6.04 Å². The van der Waals surface area contributed by atoms with E-state index in [1.165, 1.54) is 18.2 Å². The molecule has 7 nitrogen and oxygen atoms in total. The van der Waals surface area contributed by atoms with Crippen molar-refractivity contribution in [2.45, 2.75) is 26.3 Å². The Hall–Kier alpha value is -1.74. The number of hydrogen-bond donors (Lipinski definition) is 1. The summed E-state index contributed by atoms with van der Waals surface area (Å²) in [6.45, 7) is 2.85. The number of halogens is 6. The van der Waals surface area contributed by atoms with E-state index in [0.29, 0.717) is 9.92 Å². The largest absolute Gasteiger partial charge is 0.454 e. The van der Waals surface area contributed by atoms with E-state index in [1.54, 1.807) is 13.8 Å². The first-order chi connectivity index (χ1) is 16.3. The maximum atomic E-state index is 13.2. The Morgan fingerprint density at radius 2 is 1.46 bits per heavy atom. The molecular weight excluding hydrogens is 585 g/mol. The van der Waals surface area contributed by atoms with Gasteiger partial charge in [0, 0.05) is 5.02 Å². The van der Waals surface area contributed by atoms with Crippen LogP contribution in [0.3, 0.4) is 0 Å². The highest BCUT2D eigenvalue weighted by molar-refractivity contribution is 6.55. The summed E-state index contributed by atoms with van der Waals surface area (Å²) in [4.78, 5) is 52.3. The van der Waals surface area contributed by atoms with E-state index in [4.69, 9.17) is 74.3 Å². The quantitative estimate of drug-likeness (QED) is 0.163. The monoisotopic (exact) mass is 598 g/mol. The topological polar surface area (TPSA) is 92.8 Å². The number of carbonyl (C=O) groups is 4. The molecule has 0 saturated carbocycles. The molecule has 0 spiro atoms. The number of carbonyl (C=O) groups excluding carboxylic acids is 4. The number of hydrogen-bond acceptors (Lipinski definition) is 5. The van der Waals surface area contributed by atoms with Crippen molar-refractivity contribution in [3.05, 3.63) is 59.5 Å². The molecule has 0 unspecified atom stereocenters. The summed E-state index contributed by atoms with van der Waals surface area (Å²) in [5, 5.41) is 2.13. The zero-order valence-electron chi connectivity index (χ0n) is 18.1. The Kier molecular flexibility index (Phi) is 8.84. The van der Waals surface area contributed by atoms with Gasteiger partial charge >= 0.3 is 5.97 Å². The van der Waals surface area contributed by atoms with Crippen molar-refractivity contribution < 1.29 is 23.9 Å². The van der Waals surface area contributed by atoms with E-state index in [2.05, 4.69) is 5.32 Å². The van der Waals surface area contributed by atoms with Crippen LogP contribution < -0.4 is 5.32 Å². The summed E-state index contributed by atoms with van der Waals surface area (Å²) >= 11 is 36.3. The van der Waals surface area contributed by atoms with Crippen molar-refractivity contribution >= 4 is 99.0 Å². The van der Waals surface area contributed by atoms with Crippen LogP contribution in [0.1, 0.15) is 41.0 Å². The molecule has 35 heavy (non-hydrogen) atoms. The fourth-order valence-electron chi connectivity index (χ4n) is 3.42. The molecule has 2 aromatic rings. The fraction of sp³-hybridized carbons (Fsp3) is 0.273. The summed E-state index contributed by atoms with van der Waals surface area (Å²) in [6.07, 6.45) is 0.0444. The van der Waals surface area contributed by atoms with Gasteiger partial charge in [-0.3, -0.25) is 19.3 Å². The van der Waals surface area contributed by atoms with Crippen LogP contribution in [0.4, 0.5) is 5.69 Å². The van der Waals surface area contributed by atoms with Crippen LogP contribution in [0.2, 0.25) is 30.1 Å². The van der Waals surface area contributed by atoms with Crippen LogP contribution in [0.25, 0.3) is 0 Å². The van der Waals surface area contributed by atoms with Crippen molar-refractivity contribution in [3.63, 3.8) is 0 Å². The average molecular weight is 601 g/mol. The van der Waals surface area contributed by atoms with Crippen molar-refractivity contribution in [2.24, 2.45) is 5.92 Å². The summed E-state index contributed by atoms with van der Waals surface area (Å²) in [5.41, 5.74) is -0.297. The number of esters is 1. The van der Waals surface area contributed by atoms with Gasteiger partial charge in [0.25, 0.3) is 17.7 Å². The molecule has 2 aromatic carbocycles. The first-order valence-electron chi connectivity index (χ1n) is 10.0. The maximum Gasteiger partial charge on any atom is 0.329 e. The van der Waals surface area contributed by atoms with Crippen LogP contribution in [0.15, 0.2) is 18.2 Å². The molecule has 3 rings (SSSR count). The molecule has 13 heteroatoms. The Bertz CT molecular complexity index is 1200. The van der Waals surface area contributed by atoms with E-state index in [0.717, 1.165) is 0 Å². The van der Waals surface area contributed by atoms with Gasteiger partial charge in [0.2, 0.25) is 0 Å². The molecule has 1 atom stereocenters. The van der Waals surface area contributed by atoms with Crippen LogP contribution >= 0.6 is 69.6 Å². The van der Waals surface area contributed by atoms with E-state index in [9.17, 15) is 19.2 Å². The number of amides is 3. The second-order valence-electron chi connectivity index (χ2n) is 7.91. The number of nitrogens with zero attached hydrogens (tertiary/aromatic N) is 1. The Morgan fingerprint density at radius 3 is 1.97 bits per heavy atom. The van der Waals surface area contributed by atoms with Crippen LogP contribution in [0, 0.1) is 5.92 Å². The molecule has 1 aliphatic rings. The standard InChI is InChI=1S/C22H16Cl6N2O5/c1-8(2)5-12(22(34)35-7-13(31)29-11-6-9(23)3-4-10(11)24)30-20(32)14-15(21(30)33)17(26)19(28)18(27)16(14)25/h3-4,6,8,12H,5,7H2,1-2H3,(H,29,31)/t12-/m1/s1. The molecule has 0 aromatic heterocycles. The highest BCUT2D eigenvalue weighted by Gasteiger charge is 2.47. The summed E-state index contributed by atoms with van der Waals surface area (Å²) in [5.74, 6) is -3.60. The Morgan fingerprint density at radius 1 is 0.914 bits per heavy atom. The van der Waals surface area contributed by atoms with Crippen molar-refractivity contribution in [3.8, 4) is 0 Å². The van der Waals surface area contributed by atoms with Crippen LogP contribution in [0.5, 0.6) is 0 Å². The molecule has 1 heterocycles. The zero-order valence-corrected chi connectivity index (χ0v) is 22.6. The molecule has 1 aliphatic heterocycles. The molecule has 0 aliphatic carbocycles. The van der Waals surface area contributed by atoms with Gasteiger partial charge < -0.3 is 10.1 Å². The second kappa shape index (κ2) is 11.1. The minimum absolute atomic E-state index is 0.0444. The third kappa shape index (κ3) is 5.66. The van der Waals surface area contributed by atoms with E-state index >= 15 is 0 Å². The Labute approximate surface area is 230 Å². The van der Waals surface area contributed by atoms with Crippen molar-refractivity contribution in [1.29, 1.82) is 0 Å². The smallest absolute Gasteiger partial charge is 0.329 e. The Balaban J connectivity index is 1.83. The lowest BCUT2D eigenvalue weighted by Crippen LogP contribution is -2.47. The molecular formula is C22H16Cl6N2O5. The minimum Gasteiger partial charge on any atom is -0.454 e. The average Bonchev–Trinajstić information content (AvgIpc) is 3.05. The van der Waals surface area contributed by atoms with Crippen LogP contribution in [-0.4, -0.2) is 41.2 Å². The number of anilines is 1. The van der Waals surface area contributed by atoms with Gasteiger partial charge in [0.15, 0.2) is 6.61 Å². The summed E-state index contributed by atoms with van der Waals surface area (Å²) in [6, 6.07) is 3.08.